The van der Waals surface area contributed by atoms with Crippen molar-refractivity contribution in [1.82, 2.24) is 10.3 Å². The number of pyridine rings is 1. The molecule has 0 bridgehead atoms. The third-order valence-electron chi connectivity index (χ3n) is 3.10. The minimum absolute atomic E-state index is 0.248. The Hall–Kier alpha value is -2.40. The Balaban J connectivity index is 2.15. The number of carbonyl (C=O) groups excluding carboxylic acids is 2. The molecule has 0 aliphatic heterocycles. The van der Waals surface area contributed by atoms with Gasteiger partial charge in [0.05, 0.1) is 12.7 Å². The topological polar surface area (TPSA) is 68.3 Å². The van der Waals surface area contributed by atoms with Gasteiger partial charge < -0.3 is 10.1 Å². The second-order valence-corrected chi connectivity index (χ2v) is 4.99. The van der Waals surface area contributed by atoms with Gasteiger partial charge in [-0.15, -0.1) is 0 Å². The number of ether oxygens (including phenoxy) is 1. The third kappa shape index (κ3) is 4.05. The highest BCUT2D eigenvalue weighted by atomic mass is 35.5. The van der Waals surface area contributed by atoms with Crippen LogP contribution >= 0.6 is 11.6 Å². The first-order chi connectivity index (χ1) is 10.6. The van der Waals surface area contributed by atoms with Crippen molar-refractivity contribution in [3.63, 3.8) is 0 Å². The van der Waals surface area contributed by atoms with E-state index in [0.29, 0.717) is 10.6 Å². The van der Waals surface area contributed by atoms with E-state index in [-0.39, 0.29) is 6.42 Å². The molecule has 5 nitrogen and oxygen atoms in total. The summed E-state index contributed by atoms with van der Waals surface area (Å²) in [7, 11) is 1.28. The molecule has 0 saturated heterocycles. The number of halogens is 1. The summed E-state index contributed by atoms with van der Waals surface area (Å²) in [5.41, 5.74) is 1.13. The Morgan fingerprint density at radius 1 is 1.27 bits per heavy atom. The number of hydrogen-bond acceptors (Lipinski definition) is 4. The summed E-state index contributed by atoms with van der Waals surface area (Å²) in [5.74, 6) is -0.923. The second kappa shape index (κ2) is 7.56. The molecule has 6 heteroatoms. The highest BCUT2D eigenvalue weighted by Gasteiger charge is 2.23. The summed E-state index contributed by atoms with van der Waals surface area (Å²) < 4.78 is 4.75. The predicted octanol–water partition coefficient (Wildman–Crippen LogP) is 2.25. The zero-order valence-electron chi connectivity index (χ0n) is 12.0. The summed E-state index contributed by atoms with van der Waals surface area (Å²) >= 11 is 6.09. The van der Waals surface area contributed by atoms with Gasteiger partial charge in [-0.3, -0.25) is 9.78 Å². The van der Waals surface area contributed by atoms with Crippen LogP contribution in [0.5, 0.6) is 0 Å². The molecule has 1 heterocycles. The minimum Gasteiger partial charge on any atom is -0.467 e. The lowest BCUT2D eigenvalue weighted by Crippen LogP contribution is -2.43. The van der Waals surface area contributed by atoms with E-state index in [1.165, 1.54) is 13.3 Å². The van der Waals surface area contributed by atoms with Crippen LogP contribution in [0, 0.1) is 0 Å². The maximum atomic E-state index is 12.2. The number of esters is 1. The summed E-state index contributed by atoms with van der Waals surface area (Å²) in [6, 6.07) is 9.59. The van der Waals surface area contributed by atoms with E-state index < -0.39 is 17.9 Å². The number of hydrogen-bond donors (Lipinski definition) is 1. The van der Waals surface area contributed by atoms with E-state index in [2.05, 4.69) is 10.3 Å². The molecule has 0 aliphatic rings. The van der Waals surface area contributed by atoms with E-state index in [0.717, 1.165) is 5.56 Å². The number of amides is 1. The van der Waals surface area contributed by atoms with Crippen molar-refractivity contribution in [1.29, 1.82) is 0 Å². The van der Waals surface area contributed by atoms with Gasteiger partial charge in [0.1, 0.15) is 6.04 Å². The average Bonchev–Trinajstić information content (AvgIpc) is 2.56. The van der Waals surface area contributed by atoms with Crippen molar-refractivity contribution >= 4 is 23.5 Å². The van der Waals surface area contributed by atoms with Crippen molar-refractivity contribution in [2.75, 3.05) is 7.11 Å². The molecule has 2 aromatic rings. The zero-order valence-corrected chi connectivity index (χ0v) is 12.7. The molecule has 1 atom stereocenters. The maximum Gasteiger partial charge on any atom is 0.328 e. The van der Waals surface area contributed by atoms with Crippen LogP contribution in [0.15, 0.2) is 48.8 Å². The Kier molecular flexibility index (Phi) is 5.49. The fourth-order valence-corrected chi connectivity index (χ4v) is 2.17. The van der Waals surface area contributed by atoms with Gasteiger partial charge in [-0.05, 0) is 23.8 Å². The highest BCUT2D eigenvalue weighted by Crippen LogP contribution is 2.17. The first-order valence-electron chi connectivity index (χ1n) is 6.64. The number of rotatable bonds is 5. The molecule has 1 amide bonds. The summed E-state index contributed by atoms with van der Waals surface area (Å²) in [4.78, 5) is 27.9. The van der Waals surface area contributed by atoms with Crippen LogP contribution in [0.4, 0.5) is 0 Å². The highest BCUT2D eigenvalue weighted by molar-refractivity contribution is 6.31. The van der Waals surface area contributed by atoms with E-state index in [9.17, 15) is 9.59 Å². The Morgan fingerprint density at radius 2 is 2.05 bits per heavy atom. The van der Waals surface area contributed by atoms with Gasteiger partial charge in [-0.1, -0.05) is 29.8 Å². The molecule has 0 fully saturated rings. The van der Waals surface area contributed by atoms with E-state index in [1.807, 2.05) is 6.07 Å². The van der Waals surface area contributed by atoms with Gasteiger partial charge in [0.15, 0.2) is 0 Å². The molecule has 0 radical (unpaired) electrons. The SMILES string of the molecule is COC(=O)[C@@H](Cc1ccccc1Cl)NC(=O)c1cccnc1. The predicted molar refractivity (Wildman–Crippen MR) is 82.7 cm³/mol. The second-order valence-electron chi connectivity index (χ2n) is 4.59. The van der Waals surface area contributed by atoms with Crippen LogP contribution in [-0.2, 0) is 16.0 Å². The molecule has 0 saturated carbocycles. The molecular formula is C16H15ClN2O3. The number of carbonyl (C=O) groups is 2. The van der Waals surface area contributed by atoms with E-state index >= 15 is 0 Å². The number of methoxy groups -OCH3 is 1. The summed E-state index contributed by atoms with van der Waals surface area (Å²) in [6.07, 6.45) is 3.25. The lowest BCUT2D eigenvalue weighted by Gasteiger charge is -2.17. The van der Waals surface area contributed by atoms with Gasteiger partial charge >= 0.3 is 5.97 Å². The lowest BCUT2D eigenvalue weighted by atomic mass is 10.1. The molecule has 22 heavy (non-hydrogen) atoms. The van der Waals surface area contributed by atoms with E-state index in [4.69, 9.17) is 16.3 Å². The van der Waals surface area contributed by atoms with Crippen molar-refractivity contribution in [3.8, 4) is 0 Å². The van der Waals surface area contributed by atoms with Crippen molar-refractivity contribution in [2.45, 2.75) is 12.5 Å². The lowest BCUT2D eigenvalue weighted by molar-refractivity contribution is -0.142. The minimum atomic E-state index is -0.822. The van der Waals surface area contributed by atoms with Gasteiger partial charge in [0, 0.05) is 23.8 Å². The van der Waals surface area contributed by atoms with Crippen LogP contribution in [-0.4, -0.2) is 30.0 Å². The number of benzene rings is 1. The molecule has 2 rings (SSSR count). The molecule has 1 aromatic heterocycles. The quantitative estimate of drug-likeness (QED) is 0.859. The molecule has 0 aliphatic carbocycles. The molecule has 114 valence electrons. The van der Waals surface area contributed by atoms with Crippen LogP contribution in [0.25, 0.3) is 0 Å². The van der Waals surface area contributed by atoms with Crippen molar-refractivity contribution in [3.05, 3.63) is 64.9 Å². The van der Waals surface area contributed by atoms with Crippen LogP contribution in [0.2, 0.25) is 5.02 Å². The molecule has 1 aromatic carbocycles. The molecule has 0 spiro atoms. The number of nitrogens with zero attached hydrogens (tertiary/aromatic N) is 1. The van der Waals surface area contributed by atoms with Gasteiger partial charge in [-0.2, -0.15) is 0 Å². The number of nitrogens with one attached hydrogen (secondary N) is 1. The Morgan fingerprint density at radius 3 is 2.68 bits per heavy atom. The number of aromatic nitrogens is 1. The third-order valence-corrected chi connectivity index (χ3v) is 3.47. The van der Waals surface area contributed by atoms with Crippen molar-refractivity contribution in [2.24, 2.45) is 0 Å². The van der Waals surface area contributed by atoms with Crippen LogP contribution < -0.4 is 5.32 Å². The first kappa shape index (κ1) is 16.0. The van der Waals surface area contributed by atoms with Gasteiger partial charge in [0.2, 0.25) is 0 Å². The molecule has 0 unspecified atom stereocenters. The standard InChI is InChI=1S/C16H15ClN2O3/c1-22-16(21)14(9-11-5-2-3-7-13(11)17)19-15(20)12-6-4-8-18-10-12/h2-8,10,14H,9H2,1H3,(H,19,20)/t14-/m1/s1. The van der Waals surface area contributed by atoms with Gasteiger partial charge in [0.25, 0.3) is 5.91 Å². The average molecular weight is 319 g/mol. The fraction of sp³-hybridized carbons (Fsp3) is 0.188. The fourth-order valence-electron chi connectivity index (χ4n) is 1.96. The smallest absolute Gasteiger partial charge is 0.328 e. The summed E-state index contributed by atoms with van der Waals surface area (Å²) in [6.45, 7) is 0. The maximum absolute atomic E-state index is 12.2. The monoisotopic (exact) mass is 318 g/mol. The normalized spacial score (nSPS) is 11.5. The van der Waals surface area contributed by atoms with E-state index in [1.54, 1.807) is 36.5 Å². The first-order valence-corrected chi connectivity index (χ1v) is 7.01. The van der Waals surface area contributed by atoms with Gasteiger partial charge in [-0.25, -0.2) is 4.79 Å². The molecular weight excluding hydrogens is 304 g/mol. The zero-order chi connectivity index (χ0) is 15.9. The summed E-state index contributed by atoms with van der Waals surface area (Å²) in [5, 5.41) is 3.18. The Bertz CT molecular complexity index is 661. The molecule has 1 N–H and O–H groups in total. The van der Waals surface area contributed by atoms with Crippen LogP contribution in [0.1, 0.15) is 15.9 Å². The Labute approximate surface area is 133 Å². The van der Waals surface area contributed by atoms with Crippen LogP contribution in [0.3, 0.4) is 0 Å². The van der Waals surface area contributed by atoms with Crippen molar-refractivity contribution < 1.29 is 14.3 Å². The largest absolute Gasteiger partial charge is 0.467 e.